The molecule has 0 spiro atoms. The maximum Gasteiger partial charge on any atom is 0.287 e. The van der Waals surface area contributed by atoms with E-state index < -0.39 is 0 Å². The lowest BCUT2D eigenvalue weighted by atomic mass is 10.1. The van der Waals surface area contributed by atoms with E-state index in [2.05, 4.69) is 12.2 Å². The SMILES string of the molecule is CCCCC(CN)NC(=O)c1oc2c(Cl)cccc2c1C. The maximum atomic E-state index is 12.4. The fourth-order valence-corrected chi connectivity index (χ4v) is 2.59. The van der Waals surface area contributed by atoms with Gasteiger partial charge in [-0.25, -0.2) is 0 Å². The highest BCUT2D eigenvalue weighted by Gasteiger charge is 2.20. The van der Waals surface area contributed by atoms with Crippen molar-refractivity contribution in [1.29, 1.82) is 0 Å². The van der Waals surface area contributed by atoms with Crippen LogP contribution in [0.5, 0.6) is 0 Å². The van der Waals surface area contributed by atoms with Gasteiger partial charge < -0.3 is 15.5 Å². The van der Waals surface area contributed by atoms with Crippen LogP contribution in [0.4, 0.5) is 0 Å². The molecule has 1 amide bonds. The first-order chi connectivity index (χ1) is 10.1. The maximum absolute atomic E-state index is 12.4. The van der Waals surface area contributed by atoms with Gasteiger partial charge in [-0.3, -0.25) is 4.79 Å². The number of benzene rings is 1. The minimum absolute atomic E-state index is 0.0273. The van der Waals surface area contributed by atoms with Gasteiger partial charge in [-0.15, -0.1) is 0 Å². The largest absolute Gasteiger partial charge is 0.449 e. The van der Waals surface area contributed by atoms with Gasteiger partial charge in [0.15, 0.2) is 11.3 Å². The summed E-state index contributed by atoms with van der Waals surface area (Å²) in [6.45, 7) is 4.40. The van der Waals surface area contributed by atoms with Gasteiger partial charge >= 0.3 is 0 Å². The summed E-state index contributed by atoms with van der Waals surface area (Å²) >= 11 is 6.10. The van der Waals surface area contributed by atoms with Gasteiger partial charge in [0.05, 0.1) is 5.02 Å². The summed E-state index contributed by atoms with van der Waals surface area (Å²) < 4.78 is 5.66. The van der Waals surface area contributed by atoms with Crippen LogP contribution in [0.1, 0.15) is 42.3 Å². The van der Waals surface area contributed by atoms with E-state index in [0.29, 0.717) is 22.9 Å². The van der Waals surface area contributed by atoms with E-state index in [1.807, 2.05) is 19.1 Å². The Hall–Kier alpha value is -1.52. The highest BCUT2D eigenvalue weighted by atomic mass is 35.5. The monoisotopic (exact) mass is 308 g/mol. The van der Waals surface area contributed by atoms with E-state index in [9.17, 15) is 4.79 Å². The van der Waals surface area contributed by atoms with Crippen LogP contribution in [0.3, 0.4) is 0 Å². The van der Waals surface area contributed by atoms with E-state index in [1.54, 1.807) is 6.07 Å². The smallest absolute Gasteiger partial charge is 0.287 e. The Bertz CT molecular complexity index is 636. The topological polar surface area (TPSA) is 68.3 Å². The summed E-state index contributed by atoms with van der Waals surface area (Å²) in [5.41, 5.74) is 7.07. The predicted octanol–water partition coefficient (Wildman–Crippen LogP) is 3.64. The molecule has 21 heavy (non-hydrogen) atoms. The molecule has 2 aromatic rings. The Balaban J connectivity index is 2.23. The zero-order valence-corrected chi connectivity index (χ0v) is 13.2. The zero-order chi connectivity index (χ0) is 15.4. The number of hydrogen-bond acceptors (Lipinski definition) is 3. The molecule has 1 aromatic carbocycles. The third-order valence-electron chi connectivity index (χ3n) is 3.65. The van der Waals surface area contributed by atoms with Crippen molar-refractivity contribution in [3.05, 3.63) is 34.5 Å². The molecule has 0 aliphatic rings. The minimum atomic E-state index is -0.230. The molecule has 0 aliphatic carbocycles. The number of fused-ring (bicyclic) bond motifs is 1. The van der Waals surface area contributed by atoms with E-state index >= 15 is 0 Å². The lowest BCUT2D eigenvalue weighted by Crippen LogP contribution is -2.40. The predicted molar refractivity (Wildman–Crippen MR) is 85.8 cm³/mol. The van der Waals surface area contributed by atoms with E-state index in [4.69, 9.17) is 21.8 Å². The first kappa shape index (κ1) is 15.9. The van der Waals surface area contributed by atoms with Gasteiger partial charge in [-0.1, -0.05) is 43.5 Å². The zero-order valence-electron chi connectivity index (χ0n) is 12.4. The second-order valence-corrected chi connectivity index (χ2v) is 5.63. The number of carbonyl (C=O) groups excluding carboxylic acids is 1. The van der Waals surface area contributed by atoms with E-state index in [-0.39, 0.29) is 11.9 Å². The van der Waals surface area contributed by atoms with Crippen molar-refractivity contribution in [2.75, 3.05) is 6.54 Å². The minimum Gasteiger partial charge on any atom is -0.449 e. The third-order valence-corrected chi connectivity index (χ3v) is 3.95. The van der Waals surface area contributed by atoms with Gasteiger partial charge in [0.1, 0.15) is 0 Å². The van der Waals surface area contributed by atoms with Gasteiger partial charge in [-0.05, 0) is 19.4 Å². The Morgan fingerprint density at radius 3 is 2.86 bits per heavy atom. The van der Waals surface area contributed by atoms with Gasteiger partial charge in [0, 0.05) is 23.5 Å². The molecule has 0 aliphatic heterocycles. The van der Waals surface area contributed by atoms with Gasteiger partial charge in [-0.2, -0.15) is 0 Å². The number of rotatable bonds is 6. The molecule has 5 heteroatoms. The Morgan fingerprint density at radius 2 is 2.24 bits per heavy atom. The van der Waals surface area contributed by atoms with Crippen molar-refractivity contribution < 1.29 is 9.21 Å². The van der Waals surface area contributed by atoms with Crippen LogP contribution in [-0.2, 0) is 0 Å². The Kier molecular flexibility index (Phi) is 5.26. The number of nitrogens with two attached hydrogens (primary N) is 1. The molecule has 114 valence electrons. The van der Waals surface area contributed by atoms with Crippen molar-refractivity contribution in [3.8, 4) is 0 Å². The van der Waals surface area contributed by atoms with Crippen LogP contribution in [-0.4, -0.2) is 18.5 Å². The second-order valence-electron chi connectivity index (χ2n) is 5.22. The van der Waals surface area contributed by atoms with Crippen molar-refractivity contribution in [1.82, 2.24) is 5.32 Å². The Labute approximate surface area is 129 Å². The summed E-state index contributed by atoms with van der Waals surface area (Å²) in [6.07, 6.45) is 2.98. The quantitative estimate of drug-likeness (QED) is 0.856. The first-order valence-corrected chi connectivity index (χ1v) is 7.64. The lowest BCUT2D eigenvalue weighted by Gasteiger charge is -2.15. The molecule has 1 aromatic heterocycles. The van der Waals surface area contributed by atoms with Crippen molar-refractivity contribution >= 4 is 28.5 Å². The third kappa shape index (κ3) is 3.39. The summed E-state index contributed by atoms with van der Waals surface area (Å²) in [5.74, 6) is 0.0827. The number of carbonyl (C=O) groups is 1. The van der Waals surface area contributed by atoms with Crippen LogP contribution in [0.25, 0.3) is 11.0 Å². The number of furan rings is 1. The van der Waals surface area contributed by atoms with Crippen molar-refractivity contribution in [3.63, 3.8) is 0 Å². The van der Waals surface area contributed by atoms with Crippen molar-refractivity contribution in [2.24, 2.45) is 5.73 Å². The second kappa shape index (κ2) is 6.96. The van der Waals surface area contributed by atoms with E-state index in [0.717, 1.165) is 30.2 Å². The molecule has 0 bridgehead atoms. The summed E-state index contributed by atoms with van der Waals surface area (Å²) in [6, 6.07) is 5.46. The molecular formula is C16H21ClN2O2. The van der Waals surface area contributed by atoms with Gasteiger partial charge in [0.25, 0.3) is 5.91 Å². The number of halogens is 1. The van der Waals surface area contributed by atoms with E-state index in [1.165, 1.54) is 0 Å². The molecule has 0 radical (unpaired) electrons. The molecule has 2 rings (SSSR count). The highest BCUT2D eigenvalue weighted by molar-refractivity contribution is 6.35. The molecule has 1 heterocycles. The number of amides is 1. The number of unbranched alkanes of at least 4 members (excludes halogenated alkanes) is 1. The molecule has 3 N–H and O–H groups in total. The molecule has 0 fully saturated rings. The number of nitrogens with one attached hydrogen (secondary N) is 1. The van der Waals surface area contributed by atoms with Crippen LogP contribution in [0.2, 0.25) is 5.02 Å². The standard InChI is InChI=1S/C16H21ClN2O2/c1-3-4-6-11(9-18)19-16(20)14-10(2)12-7-5-8-13(17)15(12)21-14/h5,7-8,11H,3-4,6,9,18H2,1-2H3,(H,19,20). The molecule has 0 saturated heterocycles. The van der Waals surface area contributed by atoms with Crippen LogP contribution in [0, 0.1) is 6.92 Å². The van der Waals surface area contributed by atoms with Crippen molar-refractivity contribution in [2.45, 2.75) is 39.2 Å². The molecule has 0 saturated carbocycles. The van der Waals surface area contributed by atoms with Gasteiger partial charge in [0.2, 0.25) is 0 Å². The normalized spacial score (nSPS) is 12.6. The van der Waals surface area contributed by atoms with Crippen LogP contribution >= 0.6 is 11.6 Å². The fraction of sp³-hybridized carbons (Fsp3) is 0.438. The molecule has 4 nitrogen and oxygen atoms in total. The average molecular weight is 309 g/mol. The highest BCUT2D eigenvalue weighted by Crippen LogP contribution is 2.30. The number of hydrogen-bond donors (Lipinski definition) is 2. The summed E-state index contributed by atoms with van der Waals surface area (Å²) in [7, 11) is 0. The van der Waals surface area contributed by atoms with Crippen LogP contribution < -0.4 is 11.1 Å². The summed E-state index contributed by atoms with van der Waals surface area (Å²) in [5, 5.41) is 4.31. The first-order valence-electron chi connectivity index (χ1n) is 7.27. The van der Waals surface area contributed by atoms with Crippen LogP contribution in [0.15, 0.2) is 22.6 Å². The Morgan fingerprint density at radius 1 is 1.48 bits per heavy atom. The number of aryl methyl sites for hydroxylation is 1. The molecular weight excluding hydrogens is 288 g/mol. The molecule has 1 atom stereocenters. The number of para-hydroxylation sites is 1. The fourth-order valence-electron chi connectivity index (χ4n) is 2.38. The lowest BCUT2D eigenvalue weighted by molar-refractivity contribution is 0.0909. The average Bonchev–Trinajstić information content (AvgIpc) is 2.82. The summed E-state index contributed by atoms with van der Waals surface area (Å²) in [4.78, 5) is 12.4. The molecule has 1 unspecified atom stereocenters.